The third-order valence-corrected chi connectivity index (χ3v) is 6.97. The number of pyridine rings is 1. The molecule has 38 heavy (non-hydrogen) atoms. The number of rotatable bonds is 6. The van der Waals surface area contributed by atoms with Crippen molar-refractivity contribution < 1.29 is 23.0 Å². The number of halogens is 3. The summed E-state index contributed by atoms with van der Waals surface area (Å²) in [5, 5.41) is 4.52. The van der Waals surface area contributed by atoms with Gasteiger partial charge >= 0.3 is 12.6 Å². The molecule has 0 spiro atoms. The molecule has 10 nitrogen and oxygen atoms in total. The highest BCUT2D eigenvalue weighted by Crippen LogP contribution is 2.34. The number of alkyl halides is 2. The van der Waals surface area contributed by atoms with E-state index < -0.39 is 6.55 Å². The van der Waals surface area contributed by atoms with Crippen LogP contribution in [-0.4, -0.2) is 60.6 Å². The SMILES string of the molecule is O=C1OC[C@@H]2C[C@@H](Oc3cc4c(=O)n(Cc5ccc(Cl)cc5)cnc4nc3-c3cnn(C(F)F)c3)CCN12. The third-order valence-electron chi connectivity index (χ3n) is 6.71. The van der Waals surface area contributed by atoms with Crippen LogP contribution in [0.15, 0.2) is 53.8 Å². The normalized spacial score (nSPS) is 19.2. The molecule has 4 aromatic rings. The predicted molar refractivity (Wildman–Crippen MR) is 132 cm³/mol. The quantitative estimate of drug-likeness (QED) is 0.361. The second-order valence-electron chi connectivity index (χ2n) is 9.19. The van der Waals surface area contributed by atoms with Gasteiger partial charge in [-0.05, 0) is 23.8 Å². The van der Waals surface area contributed by atoms with Crippen LogP contribution in [0.25, 0.3) is 22.3 Å². The van der Waals surface area contributed by atoms with Crippen LogP contribution >= 0.6 is 11.6 Å². The maximum atomic E-state index is 13.4. The van der Waals surface area contributed by atoms with Gasteiger partial charge in [0.1, 0.15) is 30.5 Å². The smallest absolute Gasteiger partial charge is 0.410 e. The summed E-state index contributed by atoms with van der Waals surface area (Å²) in [5.74, 6) is 0.248. The fourth-order valence-electron chi connectivity index (χ4n) is 4.78. The first-order valence-corrected chi connectivity index (χ1v) is 12.3. The molecule has 0 N–H and O–H groups in total. The van der Waals surface area contributed by atoms with Gasteiger partial charge in [-0.1, -0.05) is 23.7 Å². The Morgan fingerprint density at radius 2 is 2.03 bits per heavy atom. The number of nitrogens with zero attached hydrogens (tertiary/aromatic N) is 6. The van der Waals surface area contributed by atoms with Crippen molar-refractivity contribution in [2.45, 2.75) is 38.1 Å². The minimum absolute atomic E-state index is 0.113. The zero-order valence-electron chi connectivity index (χ0n) is 19.8. The van der Waals surface area contributed by atoms with E-state index in [1.807, 2.05) is 12.1 Å². The minimum atomic E-state index is -2.82. The lowest BCUT2D eigenvalue weighted by Crippen LogP contribution is -2.44. The topological polar surface area (TPSA) is 104 Å². The number of carbonyl (C=O) groups is 1. The number of ether oxygens (including phenoxy) is 2. The Hall–Kier alpha value is -4.06. The lowest BCUT2D eigenvalue weighted by molar-refractivity contribution is 0.0566. The Bertz CT molecular complexity index is 1570. The van der Waals surface area contributed by atoms with Crippen molar-refractivity contribution in [3.8, 4) is 17.0 Å². The Morgan fingerprint density at radius 3 is 2.79 bits per heavy atom. The van der Waals surface area contributed by atoms with Crippen LogP contribution in [0.3, 0.4) is 0 Å². The van der Waals surface area contributed by atoms with E-state index >= 15 is 0 Å². The van der Waals surface area contributed by atoms with E-state index in [9.17, 15) is 18.4 Å². The lowest BCUT2D eigenvalue weighted by Gasteiger charge is -2.32. The molecule has 3 aromatic heterocycles. The van der Waals surface area contributed by atoms with Crippen LogP contribution in [-0.2, 0) is 11.3 Å². The Kier molecular flexibility index (Phi) is 6.18. The van der Waals surface area contributed by atoms with Crippen molar-refractivity contribution in [1.29, 1.82) is 0 Å². The molecule has 1 amide bonds. The molecule has 2 aliphatic rings. The van der Waals surface area contributed by atoms with Crippen molar-refractivity contribution in [3.63, 3.8) is 0 Å². The molecule has 5 heterocycles. The summed E-state index contributed by atoms with van der Waals surface area (Å²) in [6, 6.07) is 8.55. The van der Waals surface area contributed by atoms with Crippen molar-refractivity contribution in [2.24, 2.45) is 0 Å². The second kappa shape index (κ2) is 9.67. The summed E-state index contributed by atoms with van der Waals surface area (Å²) in [6.07, 6.45) is 4.24. The molecule has 0 unspecified atom stereocenters. The fraction of sp³-hybridized carbons (Fsp3) is 0.320. The summed E-state index contributed by atoms with van der Waals surface area (Å²) < 4.78 is 39.9. The van der Waals surface area contributed by atoms with Gasteiger partial charge in [0, 0.05) is 36.2 Å². The zero-order chi connectivity index (χ0) is 26.4. The number of piperidine rings is 1. The Labute approximate surface area is 219 Å². The zero-order valence-corrected chi connectivity index (χ0v) is 20.6. The van der Waals surface area contributed by atoms with E-state index in [0.717, 1.165) is 5.56 Å². The molecule has 6 rings (SSSR count). The highest BCUT2D eigenvalue weighted by Gasteiger charge is 2.39. The molecular formula is C25H21ClF2N6O4. The van der Waals surface area contributed by atoms with Gasteiger partial charge in [-0.3, -0.25) is 9.36 Å². The molecule has 2 aliphatic heterocycles. The average Bonchev–Trinajstić information content (AvgIpc) is 3.54. The van der Waals surface area contributed by atoms with Crippen LogP contribution < -0.4 is 10.3 Å². The van der Waals surface area contributed by atoms with E-state index in [-0.39, 0.29) is 59.4 Å². The van der Waals surface area contributed by atoms with Crippen LogP contribution in [0.1, 0.15) is 25.0 Å². The van der Waals surface area contributed by atoms with Crippen molar-refractivity contribution >= 4 is 28.7 Å². The highest BCUT2D eigenvalue weighted by molar-refractivity contribution is 6.30. The van der Waals surface area contributed by atoms with Crippen molar-refractivity contribution in [2.75, 3.05) is 13.2 Å². The van der Waals surface area contributed by atoms with Gasteiger partial charge in [0.05, 0.1) is 24.2 Å². The molecule has 0 bridgehead atoms. The summed E-state index contributed by atoms with van der Waals surface area (Å²) in [7, 11) is 0. The lowest BCUT2D eigenvalue weighted by atomic mass is 10.0. The second-order valence-corrected chi connectivity index (χ2v) is 9.62. The number of amides is 1. The van der Waals surface area contributed by atoms with Gasteiger partial charge in [-0.2, -0.15) is 13.9 Å². The van der Waals surface area contributed by atoms with Gasteiger partial charge in [0.2, 0.25) is 0 Å². The summed E-state index contributed by atoms with van der Waals surface area (Å²) in [4.78, 5) is 35.8. The number of hydrogen-bond donors (Lipinski definition) is 0. The molecule has 2 saturated heterocycles. The van der Waals surface area contributed by atoms with Gasteiger partial charge in [-0.15, -0.1) is 0 Å². The highest BCUT2D eigenvalue weighted by atomic mass is 35.5. The van der Waals surface area contributed by atoms with Crippen LogP contribution in [0.5, 0.6) is 5.75 Å². The van der Waals surface area contributed by atoms with E-state index in [2.05, 4.69) is 15.1 Å². The van der Waals surface area contributed by atoms with Crippen LogP contribution in [0, 0.1) is 0 Å². The van der Waals surface area contributed by atoms with Crippen LogP contribution in [0.2, 0.25) is 5.02 Å². The summed E-state index contributed by atoms with van der Waals surface area (Å²) >= 11 is 5.97. The van der Waals surface area contributed by atoms with E-state index in [0.29, 0.717) is 34.7 Å². The fourth-order valence-corrected chi connectivity index (χ4v) is 4.91. The number of fused-ring (bicyclic) bond motifs is 2. The van der Waals surface area contributed by atoms with Gasteiger partial charge in [-0.25, -0.2) is 19.4 Å². The maximum Gasteiger partial charge on any atom is 0.410 e. The molecular weight excluding hydrogens is 522 g/mol. The Morgan fingerprint density at radius 1 is 1.21 bits per heavy atom. The van der Waals surface area contributed by atoms with Crippen LogP contribution in [0.4, 0.5) is 13.6 Å². The van der Waals surface area contributed by atoms with Gasteiger partial charge < -0.3 is 14.4 Å². The standard InChI is InChI=1S/C25H21ClF2N6O4/c26-16-3-1-14(2-4-16)10-32-13-29-22-19(23(32)35)8-20(21(31-22)15-9-30-34(11-15)24(27)28)38-18-5-6-33-17(7-18)12-37-25(33)36/h1-4,8-9,11,13,17-18,24H,5-7,10,12H2/t17-,18-/m0/s1. The maximum absolute atomic E-state index is 13.4. The van der Waals surface area contributed by atoms with Crippen molar-refractivity contribution in [3.05, 3.63) is 70.0 Å². The first kappa shape index (κ1) is 24.3. The molecule has 0 radical (unpaired) electrons. The molecule has 0 saturated carbocycles. The largest absolute Gasteiger partial charge is 0.488 e. The molecule has 196 valence electrons. The third kappa shape index (κ3) is 4.55. The summed E-state index contributed by atoms with van der Waals surface area (Å²) in [6.45, 7) is -1.81. The molecule has 1 aromatic carbocycles. The number of cyclic esters (lactones) is 1. The van der Waals surface area contributed by atoms with E-state index in [4.69, 9.17) is 21.1 Å². The molecule has 2 atom stereocenters. The van der Waals surface area contributed by atoms with Gasteiger partial charge in [0.25, 0.3) is 5.56 Å². The minimum Gasteiger partial charge on any atom is -0.488 e. The Balaban J connectivity index is 1.38. The number of benzene rings is 1. The number of hydrogen-bond acceptors (Lipinski definition) is 7. The van der Waals surface area contributed by atoms with E-state index in [1.54, 1.807) is 23.1 Å². The predicted octanol–water partition coefficient (Wildman–Crippen LogP) is 4.11. The average molecular weight is 543 g/mol. The number of aromatic nitrogens is 5. The summed E-state index contributed by atoms with van der Waals surface area (Å²) in [5.41, 5.74) is 1.22. The van der Waals surface area contributed by atoms with Crippen molar-refractivity contribution in [1.82, 2.24) is 29.2 Å². The first-order valence-electron chi connectivity index (χ1n) is 11.9. The number of carbonyl (C=O) groups excluding carboxylic acids is 1. The molecule has 0 aliphatic carbocycles. The monoisotopic (exact) mass is 542 g/mol. The van der Waals surface area contributed by atoms with Gasteiger partial charge in [0.15, 0.2) is 5.65 Å². The molecule has 13 heteroatoms. The van der Waals surface area contributed by atoms with E-state index in [1.165, 1.54) is 23.3 Å². The first-order chi connectivity index (χ1) is 18.4. The molecule has 2 fully saturated rings.